The van der Waals surface area contributed by atoms with Crippen molar-refractivity contribution in [2.75, 3.05) is 26.3 Å². The molecular formula is C13H23NO2. The number of morpholine rings is 1. The number of nitrogens with zero attached hydrogens (tertiary/aromatic N) is 1. The molecule has 0 aliphatic carbocycles. The van der Waals surface area contributed by atoms with Crippen LogP contribution in [-0.4, -0.2) is 37.1 Å². The molecule has 1 saturated heterocycles. The monoisotopic (exact) mass is 225 g/mol. The third kappa shape index (κ3) is 3.34. The van der Waals surface area contributed by atoms with E-state index in [1.54, 1.807) is 0 Å². The molecule has 0 bridgehead atoms. The van der Waals surface area contributed by atoms with Gasteiger partial charge in [-0.05, 0) is 12.3 Å². The van der Waals surface area contributed by atoms with Crippen molar-refractivity contribution in [2.24, 2.45) is 11.8 Å². The summed E-state index contributed by atoms with van der Waals surface area (Å²) < 4.78 is 5.25. The van der Waals surface area contributed by atoms with Crippen LogP contribution in [-0.2, 0) is 9.53 Å². The molecule has 2 atom stereocenters. The van der Waals surface area contributed by atoms with E-state index in [0.29, 0.717) is 19.1 Å². The van der Waals surface area contributed by atoms with Crippen molar-refractivity contribution >= 4 is 5.91 Å². The van der Waals surface area contributed by atoms with E-state index in [9.17, 15) is 4.79 Å². The normalized spacial score (nSPS) is 20.2. The van der Waals surface area contributed by atoms with Crippen molar-refractivity contribution in [3.8, 4) is 0 Å². The summed E-state index contributed by atoms with van der Waals surface area (Å²) in [7, 11) is 0. The van der Waals surface area contributed by atoms with E-state index in [1.807, 2.05) is 17.9 Å². The minimum absolute atomic E-state index is 0.0514. The van der Waals surface area contributed by atoms with Gasteiger partial charge in [0.2, 0.25) is 5.91 Å². The molecule has 0 spiro atoms. The van der Waals surface area contributed by atoms with Crippen molar-refractivity contribution in [1.29, 1.82) is 0 Å². The van der Waals surface area contributed by atoms with E-state index in [1.165, 1.54) is 0 Å². The first-order valence-corrected chi connectivity index (χ1v) is 6.19. The molecule has 1 amide bonds. The highest BCUT2D eigenvalue weighted by atomic mass is 16.5. The molecular weight excluding hydrogens is 202 g/mol. The Balaban J connectivity index is 2.53. The van der Waals surface area contributed by atoms with E-state index >= 15 is 0 Å². The molecule has 1 rings (SSSR count). The predicted molar refractivity (Wildman–Crippen MR) is 65.2 cm³/mol. The van der Waals surface area contributed by atoms with E-state index in [0.717, 1.165) is 25.9 Å². The summed E-state index contributed by atoms with van der Waals surface area (Å²) in [6.45, 7) is 10.8. The van der Waals surface area contributed by atoms with E-state index in [2.05, 4.69) is 13.5 Å². The van der Waals surface area contributed by atoms with Crippen molar-refractivity contribution in [3.63, 3.8) is 0 Å². The zero-order valence-corrected chi connectivity index (χ0v) is 10.4. The van der Waals surface area contributed by atoms with Gasteiger partial charge >= 0.3 is 0 Å². The molecule has 0 unspecified atom stereocenters. The highest BCUT2D eigenvalue weighted by Gasteiger charge is 2.26. The second-order valence-corrected chi connectivity index (χ2v) is 4.41. The van der Waals surface area contributed by atoms with Crippen LogP contribution in [0.4, 0.5) is 0 Å². The molecule has 0 saturated carbocycles. The Labute approximate surface area is 98.5 Å². The summed E-state index contributed by atoms with van der Waals surface area (Å²) in [5.74, 6) is 0.609. The van der Waals surface area contributed by atoms with Gasteiger partial charge in [-0.25, -0.2) is 0 Å². The van der Waals surface area contributed by atoms with E-state index in [4.69, 9.17) is 4.74 Å². The lowest BCUT2D eigenvalue weighted by Gasteiger charge is -2.31. The lowest BCUT2D eigenvalue weighted by atomic mass is 9.89. The maximum atomic E-state index is 12.2. The van der Waals surface area contributed by atoms with Crippen LogP contribution in [0, 0.1) is 11.8 Å². The van der Waals surface area contributed by atoms with Gasteiger partial charge < -0.3 is 9.64 Å². The average molecular weight is 225 g/mol. The number of hydrogen-bond acceptors (Lipinski definition) is 2. The maximum Gasteiger partial charge on any atom is 0.226 e. The molecule has 0 N–H and O–H groups in total. The molecule has 3 nitrogen and oxygen atoms in total. The summed E-state index contributed by atoms with van der Waals surface area (Å²) >= 11 is 0. The smallest absolute Gasteiger partial charge is 0.226 e. The first-order chi connectivity index (χ1) is 7.70. The summed E-state index contributed by atoms with van der Waals surface area (Å²) in [4.78, 5) is 14.1. The quantitative estimate of drug-likeness (QED) is 0.670. The van der Waals surface area contributed by atoms with Crippen molar-refractivity contribution < 1.29 is 9.53 Å². The van der Waals surface area contributed by atoms with Gasteiger partial charge in [-0.3, -0.25) is 4.79 Å². The predicted octanol–water partition coefficient (Wildman–Crippen LogP) is 2.08. The molecule has 1 aliphatic heterocycles. The Hall–Kier alpha value is -0.830. The van der Waals surface area contributed by atoms with Gasteiger partial charge in [0.25, 0.3) is 0 Å². The van der Waals surface area contributed by atoms with Crippen LogP contribution in [0.1, 0.15) is 26.7 Å². The van der Waals surface area contributed by atoms with Gasteiger partial charge in [-0.1, -0.05) is 26.3 Å². The SMILES string of the molecule is C=C[C@H](CCC)[C@@H](C)C(=O)N1CCOCC1. The van der Waals surface area contributed by atoms with Crippen LogP contribution in [0.5, 0.6) is 0 Å². The largest absolute Gasteiger partial charge is 0.378 e. The highest BCUT2D eigenvalue weighted by molar-refractivity contribution is 5.79. The second kappa shape index (κ2) is 6.69. The van der Waals surface area contributed by atoms with Crippen LogP contribution in [0.15, 0.2) is 12.7 Å². The van der Waals surface area contributed by atoms with E-state index < -0.39 is 0 Å². The molecule has 16 heavy (non-hydrogen) atoms. The minimum Gasteiger partial charge on any atom is -0.378 e. The van der Waals surface area contributed by atoms with Crippen LogP contribution in [0.25, 0.3) is 0 Å². The molecule has 1 fully saturated rings. The Morgan fingerprint density at radius 3 is 2.62 bits per heavy atom. The zero-order chi connectivity index (χ0) is 12.0. The minimum atomic E-state index is 0.0514. The molecule has 1 aliphatic rings. The van der Waals surface area contributed by atoms with Crippen molar-refractivity contribution in [1.82, 2.24) is 4.90 Å². The Morgan fingerprint density at radius 2 is 2.12 bits per heavy atom. The van der Waals surface area contributed by atoms with Crippen LogP contribution >= 0.6 is 0 Å². The van der Waals surface area contributed by atoms with Gasteiger partial charge in [0, 0.05) is 19.0 Å². The molecule has 0 aromatic heterocycles. The third-order valence-electron chi connectivity index (χ3n) is 3.28. The summed E-state index contributed by atoms with van der Waals surface area (Å²) in [5, 5.41) is 0. The zero-order valence-electron chi connectivity index (χ0n) is 10.4. The molecule has 3 heteroatoms. The summed E-state index contributed by atoms with van der Waals surface area (Å²) in [5.41, 5.74) is 0. The number of hydrogen-bond donors (Lipinski definition) is 0. The molecule has 0 radical (unpaired) electrons. The highest BCUT2D eigenvalue weighted by Crippen LogP contribution is 2.21. The van der Waals surface area contributed by atoms with Gasteiger partial charge in [-0.2, -0.15) is 0 Å². The van der Waals surface area contributed by atoms with Gasteiger partial charge in [-0.15, -0.1) is 6.58 Å². The Morgan fingerprint density at radius 1 is 1.50 bits per heavy atom. The number of ether oxygens (including phenoxy) is 1. The summed E-state index contributed by atoms with van der Waals surface area (Å²) in [6, 6.07) is 0. The average Bonchev–Trinajstić information content (AvgIpc) is 2.35. The van der Waals surface area contributed by atoms with Crippen molar-refractivity contribution in [3.05, 3.63) is 12.7 Å². The second-order valence-electron chi connectivity index (χ2n) is 4.41. The van der Waals surface area contributed by atoms with Gasteiger partial charge in [0.15, 0.2) is 0 Å². The number of carbonyl (C=O) groups is 1. The lowest BCUT2D eigenvalue weighted by Crippen LogP contribution is -2.44. The van der Waals surface area contributed by atoms with Gasteiger partial charge in [0.05, 0.1) is 13.2 Å². The first kappa shape index (κ1) is 13.2. The van der Waals surface area contributed by atoms with Gasteiger partial charge in [0.1, 0.15) is 0 Å². The number of amides is 1. The first-order valence-electron chi connectivity index (χ1n) is 6.19. The Bertz CT molecular complexity index is 234. The van der Waals surface area contributed by atoms with Crippen LogP contribution in [0.3, 0.4) is 0 Å². The lowest BCUT2D eigenvalue weighted by molar-refractivity contribution is -0.140. The third-order valence-corrected chi connectivity index (χ3v) is 3.28. The number of allylic oxidation sites excluding steroid dienone is 1. The molecule has 0 aromatic rings. The number of carbonyl (C=O) groups excluding carboxylic acids is 1. The molecule has 1 heterocycles. The fourth-order valence-corrected chi connectivity index (χ4v) is 2.16. The molecule has 0 aromatic carbocycles. The number of rotatable bonds is 5. The standard InChI is InChI=1S/C13H23NO2/c1-4-6-12(5-2)11(3)13(15)14-7-9-16-10-8-14/h5,11-12H,2,4,6-10H2,1,3H3/t11-,12-/m1/s1. The van der Waals surface area contributed by atoms with Crippen molar-refractivity contribution in [2.45, 2.75) is 26.7 Å². The van der Waals surface area contributed by atoms with Crippen LogP contribution in [0.2, 0.25) is 0 Å². The summed E-state index contributed by atoms with van der Waals surface area (Å²) in [6.07, 6.45) is 4.06. The topological polar surface area (TPSA) is 29.5 Å². The maximum absolute atomic E-state index is 12.2. The fourth-order valence-electron chi connectivity index (χ4n) is 2.16. The fraction of sp³-hybridized carbons (Fsp3) is 0.769. The van der Waals surface area contributed by atoms with E-state index in [-0.39, 0.29) is 11.8 Å². The Kier molecular flexibility index (Phi) is 5.53. The molecule has 92 valence electrons. The van der Waals surface area contributed by atoms with Crippen LogP contribution < -0.4 is 0 Å².